The molecule has 2 fully saturated rings. The van der Waals surface area contributed by atoms with Crippen LogP contribution in [0.2, 0.25) is 0 Å². The molecule has 2 saturated heterocycles. The number of rotatable bonds is 2. The maximum Gasteiger partial charge on any atom is 0.229 e. The van der Waals surface area contributed by atoms with Gasteiger partial charge in [-0.15, -0.1) is 0 Å². The average Bonchev–Trinajstić information content (AvgIpc) is 2.58. The maximum absolute atomic E-state index is 11.9. The van der Waals surface area contributed by atoms with Gasteiger partial charge in [0, 0.05) is 6.04 Å². The van der Waals surface area contributed by atoms with Gasteiger partial charge in [-0.05, 0) is 6.42 Å². The number of ether oxygens (including phenoxy) is 1. The fraction of sp³-hybridized carbons (Fsp3) is 0.900. The highest BCUT2D eigenvalue weighted by Crippen LogP contribution is 2.27. The Morgan fingerprint density at radius 1 is 1.60 bits per heavy atom. The van der Waals surface area contributed by atoms with E-state index in [2.05, 4.69) is 0 Å². The lowest BCUT2D eigenvalue weighted by molar-refractivity contribution is -0.160. The standard InChI is InChI=1S/C10H18N2O3/c1-2-10(14)5-12(6-10)9(13)7-3-15-4-8(7)11/h7-8,14H,2-6,11H2,1H3. The fourth-order valence-electron chi connectivity index (χ4n) is 2.10. The predicted molar refractivity (Wildman–Crippen MR) is 54.1 cm³/mol. The van der Waals surface area contributed by atoms with Crippen LogP contribution in [0.15, 0.2) is 0 Å². The highest BCUT2D eigenvalue weighted by molar-refractivity contribution is 5.81. The van der Waals surface area contributed by atoms with Crippen molar-refractivity contribution in [2.75, 3.05) is 26.3 Å². The van der Waals surface area contributed by atoms with Gasteiger partial charge in [0.2, 0.25) is 5.91 Å². The third kappa shape index (κ3) is 1.87. The van der Waals surface area contributed by atoms with E-state index in [4.69, 9.17) is 10.5 Å². The SMILES string of the molecule is CCC1(O)CN(C(=O)C2COCC2N)C1. The van der Waals surface area contributed by atoms with Crippen molar-refractivity contribution in [3.05, 3.63) is 0 Å². The molecule has 0 aromatic carbocycles. The van der Waals surface area contributed by atoms with Crippen LogP contribution in [-0.4, -0.2) is 53.9 Å². The lowest BCUT2D eigenvalue weighted by atomic mass is 9.89. The van der Waals surface area contributed by atoms with Crippen molar-refractivity contribution in [2.45, 2.75) is 25.0 Å². The number of hydrogen-bond acceptors (Lipinski definition) is 4. The van der Waals surface area contributed by atoms with E-state index < -0.39 is 5.60 Å². The van der Waals surface area contributed by atoms with Crippen LogP contribution < -0.4 is 5.73 Å². The first-order valence-corrected chi connectivity index (χ1v) is 5.40. The molecule has 2 heterocycles. The summed E-state index contributed by atoms with van der Waals surface area (Å²) in [6.07, 6.45) is 0.685. The fourth-order valence-corrected chi connectivity index (χ4v) is 2.10. The second-order valence-corrected chi connectivity index (χ2v) is 4.58. The summed E-state index contributed by atoms with van der Waals surface area (Å²) in [5.74, 6) is -0.190. The highest BCUT2D eigenvalue weighted by Gasteiger charge is 2.45. The molecule has 0 bridgehead atoms. The Kier molecular flexibility index (Phi) is 2.70. The predicted octanol–water partition coefficient (Wildman–Crippen LogP) is -1.06. The molecular formula is C10H18N2O3. The molecule has 1 amide bonds. The number of hydrogen-bond donors (Lipinski definition) is 2. The molecule has 0 aromatic rings. The first-order chi connectivity index (χ1) is 7.06. The number of β-amino-alcohol motifs (C(OH)–C–C–N with tert-alkyl or cyclic N) is 1. The van der Waals surface area contributed by atoms with Crippen LogP contribution in [0.5, 0.6) is 0 Å². The molecule has 2 aliphatic rings. The highest BCUT2D eigenvalue weighted by atomic mass is 16.5. The molecule has 15 heavy (non-hydrogen) atoms. The lowest BCUT2D eigenvalue weighted by Gasteiger charge is -2.47. The minimum atomic E-state index is -0.667. The van der Waals surface area contributed by atoms with Crippen molar-refractivity contribution in [2.24, 2.45) is 11.7 Å². The topological polar surface area (TPSA) is 75.8 Å². The number of carbonyl (C=O) groups excluding carboxylic acids is 1. The average molecular weight is 214 g/mol. The third-order valence-corrected chi connectivity index (χ3v) is 3.38. The van der Waals surface area contributed by atoms with Crippen molar-refractivity contribution in [3.63, 3.8) is 0 Å². The molecule has 0 aliphatic carbocycles. The molecular weight excluding hydrogens is 196 g/mol. The second-order valence-electron chi connectivity index (χ2n) is 4.58. The molecule has 0 aromatic heterocycles. The zero-order valence-electron chi connectivity index (χ0n) is 8.98. The van der Waals surface area contributed by atoms with Gasteiger partial charge in [0.15, 0.2) is 0 Å². The van der Waals surface area contributed by atoms with E-state index in [-0.39, 0.29) is 17.9 Å². The lowest BCUT2D eigenvalue weighted by Crippen LogP contribution is -2.65. The van der Waals surface area contributed by atoms with Crippen LogP contribution in [0.25, 0.3) is 0 Å². The van der Waals surface area contributed by atoms with Crippen molar-refractivity contribution in [1.29, 1.82) is 0 Å². The summed E-state index contributed by atoms with van der Waals surface area (Å²) < 4.78 is 5.15. The van der Waals surface area contributed by atoms with Gasteiger partial charge in [0.1, 0.15) is 0 Å². The first kappa shape index (κ1) is 10.9. The van der Waals surface area contributed by atoms with Crippen LogP contribution >= 0.6 is 0 Å². The van der Waals surface area contributed by atoms with Gasteiger partial charge in [-0.2, -0.15) is 0 Å². The van der Waals surface area contributed by atoms with E-state index in [1.54, 1.807) is 4.90 Å². The minimum absolute atomic E-state index is 0.0260. The van der Waals surface area contributed by atoms with E-state index in [9.17, 15) is 9.90 Å². The Hall–Kier alpha value is -0.650. The van der Waals surface area contributed by atoms with Gasteiger partial charge < -0.3 is 20.5 Å². The summed E-state index contributed by atoms with van der Waals surface area (Å²) in [5, 5.41) is 9.79. The summed E-state index contributed by atoms with van der Waals surface area (Å²) in [6.45, 7) is 3.67. The molecule has 0 spiro atoms. The molecule has 5 heteroatoms. The minimum Gasteiger partial charge on any atom is -0.386 e. The van der Waals surface area contributed by atoms with Gasteiger partial charge in [0.25, 0.3) is 0 Å². The molecule has 86 valence electrons. The zero-order valence-corrected chi connectivity index (χ0v) is 8.98. The quantitative estimate of drug-likeness (QED) is 0.614. The van der Waals surface area contributed by atoms with Crippen molar-refractivity contribution in [1.82, 2.24) is 4.90 Å². The van der Waals surface area contributed by atoms with Gasteiger partial charge in [-0.3, -0.25) is 4.79 Å². The van der Waals surface area contributed by atoms with E-state index in [0.717, 1.165) is 0 Å². The van der Waals surface area contributed by atoms with Crippen LogP contribution in [0.3, 0.4) is 0 Å². The van der Waals surface area contributed by atoms with E-state index >= 15 is 0 Å². The summed E-state index contributed by atoms with van der Waals surface area (Å²) >= 11 is 0. The van der Waals surface area contributed by atoms with Crippen LogP contribution in [0, 0.1) is 5.92 Å². The van der Waals surface area contributed by atoms with Crippen LogP contribution in [0.4, 0.5) is 0 Å². The summed E-state index contributed by atoms with van der Waals surface area (Å²) in [6, 6.07) is -0.187. The molecule has 5 nitrogen and oxygen atoms in total. The Balaban J connectivity index is 1.89. The molecule has 3 N–H and O–H groups in total. The summed E-state index contributed by atoms with van der Waals surface area (Å²) in [5.41, 5.74) is 5.09. The normalized spacial score (nSPS) is 33.9. The molecule has 0 radical (unpaired) electrons. The number of nitrogens with two attached hydrogens (primary N) is 1. The first-order valence-electron chi connectivity index (χ1n) is 5.40. The number of carbonyl (C=O) groups is 1. The second kappa shape index (κ2) is 3.73. The number of amides is 1. The summed E-state index contributed by atoms with van der Waals surface area (Å²) in [4.78, 5) is 13.6. The molecule has 2 aliphatic heterocycles. The van der Waals surface area contributed by atoms with Crippen LogP contribution in [0.1, 0.15) is 13.3 Å². The molecule has 0 saturated carbocycles. The number of likely N-dealkylation sites (tertiary alicyclic amines) is 1. The number of nitrogens with zero attached hydrogens (tertiary/aromatic N) is 1. The Morgan fingerprint density at radius 2 is 2.27 bits per heavy atom. The van der Waals surface area contributed by atoms with Gasteiger partial charge in [-0.25, -0.2) is 0 Å². The Labute approximate surface area is 89.2 Å². The molecule has 2 unspecified atom stereocenters. The van der Waals surface area contributed by atoms with E-state index in [0.29, 0.717) is 32.7 Å². The number of aliphatic hydroxyl groups is 1. The van der Waals surface area contributed by atoms with Gasteiger partial charge >= 0.3 is 0 Å². The smallest absolute Gasteiger partial charge is 0.229 e. The third-order valence-electron chi connectivity index (χ3n) is 3.38. The monoisotopic (exact) mass is 214 g/mol. The zero-order chi connectivity index (χ0) is 11.1. The van der Waals surface area contributed by atoms with Gasteiger partial charge in [-0.1, -0.05) is 6.92 Å². The van der Waals surface area contributed by atoms with Crippen LogP contribution in [-0.2, 0) is 9.53 Å². The molecule has 2 rings (SSSR count). The maximum atomic E-state index is 11.9. The van der Waals surface area contributed by atoms with E-state index in [1.165, 1.54) is 0 Å². The Morgan fingerprint density at radius 3 is 2.73 bits per heavy atom. The summed E-state index contributed by atoms with van der Waals surface area (Å²) in [7, 11) is 0. The van der Waals surface area contributed by atoms with Crippen molar-refractivity contribution < 1.29 is 14.6 Å². The van der Waals surface area contributed by atoms with E-state index in [1.807, 2.05) is 6.92 Å². The van der Waals surface area contributed by atoms with Crippen molar-refractivity contribution in [3.8, 4) is 0 Å². The van der Waals surface area contributed by atoms with Crippen molar-refractivity contribution >= 4 is 5.91 Å². The molecule has 2 atom stereocenters. The van der Waals surface area contributed by atoms with Gasteiger partial charge in [0.05, 0.1) is 37.8 Å². The largest absolute Gasteiger partial charge is 0.386 e. The Bertz CT molecular complexity index is 263.